The Morgan fingerprint density at radius 3 is 2.82 bits per heavy atom. The molecule has 0 bridgehead atoms. The number of hydrogen-bond donors (Lipinski definition) is 1. The second kappa shape index (κ2) is 10.5. The number of hydrogen-bond acceptors (Lipinski definition) is 4. The Morgan fingerprint density at radius 1 is 1.25 bits per heavy atom. The fraction of sp³-hybridized carbons (Fsp3) is 0.591. The highest BCUT2D eigenvalue weighted by Gasteiger charge is 2.27. The average Bonchev–Trinajstić information content (AvgIpc) is 2.72. The van der Waals surface area contributed by atoms with E-state index in [-0.39, 0.29) is 25.1 Å². The number of carbonyl (C=O) groups is 1. The van der Waals surface area contributed by atoms with Crippen LogP contribution in [0.2, 0.25) is 0 Å². The summed E-state index contributed by atoms with van der Waals surface area (Å²) in [5.74, 6) is 0.636. The van der Waals surface area contributed by atoms with Gasteiger partial charge < -0.3 is 10.1 Å². The normalized spacial score (nSPS) is 17.1. The Bertz CT molecular complexity index is 686. The van der Waals surface area contributed by atoms with Crippen LogP contribution in [0.1, 0.15) is 57.4 Å². The van der Waals surface area contributed by atoms with Crippen molar-refractivity contribution in [1.82, 2.24) is 5.32 Å². The SMILES string of the molecule is CCCCOc1cccc2c1N(OCCF)CC(C(=O)NC1CCCCC1)=C2. The zero-order valence-corrected chi connectivity index (χ0v) is 16.7. The number of anilines is 1. The van der Waals surface area contributed by atoms with Gasteiger partial charge in [-0.25, -0.2) is 9.45 Å². The summed E-state index contributed by atoms with van der Waals surface area (Å²) >= 11 is 0. The Labute approximate surface area is 166 Å². The topological polar surface area (TPSA) is 50.8 Å². The Kier molecular flexibility index (Phi) is 7.71. The van der Waals surface area contributed by atoms with Gasteiger partial charge in [-0.3, -0.25) is 9.63 Å². The van der Waals surface area contributed by atoms with Crippen LogP contribution in [0.3, 0.4) is 0 Å². The number of benzene rings is 1. The predicted molar refractivity (Wildman–Crippen MR) is 109 cm³/mol. The van der Waals surface area contributed by atoms with E-state index in [2.05, 4.69) is 12.2 Å². The molecule has 0 spiro atoms. The van der Waals surface area contributed by atoms with Crippen molar-refractivity contribution in [1.29, 1.82) is 0 Å². The van der Waals surface area contributed by atoms with Crippen LogP contribution in [-0.2, 0) is 9.63 Å². The summed E-state index contributed by atoms with van der Waals surface area (Å²) in [5.41, 5.74) is 2.25. The number of rotatable bonds is 9. The smallest absolute Gasteiger partial charge is 0.249 e. The average molecular weight is 390 g/mol. The van der Waals surface area contributed by atoms with E-state index in [1.165, 1.54) is 6.42 Å². The number of ether oxygens (including phenoxy) is 1. The Hall–Kier alpha value is -2.08. The summed E-state index contributed by atoms with van der Waals surface area (Å²) < 4.78 is 18.7. The van der Waals surface area contributed by atoms with Crippen molar-refractivity contribution >= 4 is 17.7 Å². The maximum absolute atomic E-state index is 12.8. The van der Waals surface area contributed by atoms with Gasteiger partial charge in [0.25, 0.3) is 0 Å². The van der Waals surface area contributed by atoms with E-state index in [4.69, 9.17) is 9.57 Å². The number of nitrogens with zero attached hydrogens (tertiary/aromatic N) is 1. The van der Waals surface area contributed by atoms with Gasteiger partial charge in [0.05, 0.1) is 13.2 Å². The zero-order valence-electron chi connectivity index (χ0n) is 16.7. The number of hydroxylamine groups is 1. The fourth-order valence-corrected chi connectivity index (χ4v) is 3.75. The number of alkyl halides is 1. The van der Waals surface area contributed by atoms with Crippen LogP contribution < -0.4 is 15.1 Å². The third kappa shape index (κ3) is 5.25. The standard InChI is InChI=1S/C22H31FN2O3/c1-2-3-13-27-20-11-7-8-17-15-18(16-25(21(17)20)28-14-12-23)22(26)24-19-9-5-4-6-10-19/h7-8,11,15,19H,2-6,9-10,12-14,16H2,1H3,(H,24,26). The second-order valence-electron chi connectivity index (χ2n) is 7.43. The lowest BCUT2D eigenvalue weighted by atomic mass is 9.95. The molecule has 1 saturated carbocycles. The molecule has 0 aromatic heterocycles. The molecule has 1 aliphatic carbocycles. The molecule has 0 atom stereocenters. The largest absolute Gasteiger partial charge is 0.491 e. The fourth-order valence-electron chi connectivity index (χ4n) is 3.75. The van der Waals surface area contributed by atoms with Gasteiger partial charge in [-0.1, -0.05) is 44.7 Å². The van der Waals surface area contributed by atoms with Gasteiger partial charge in [-0.2, -0.15) is 0 Å². The number of nitrogens with one attached hydrogen (secondary N) is 1. The summed E-state index contributed by atoms with van der Waals surface area (Å²) in [6.07, 6.45) is 9.54. The van der Waals surface area contributed by atoms with Crippen LogP contribution >= 0.6 is 0 Å². The van der Waals surface area contributed by atoms with E-state index in [1.54, 1.807) is 5.06 Å². The third-order valence-electron chi connectivity index (χ3n) is 5.24. The first-order valence-corrected chi connectivity index (χ1v) is 10.5. The van der Waals surface area contributed by atoms with Crippen molar-refractivity contribution in [3.63, 3.8) is 0 Å². The second-order valence-corrected chi connectivity index (χ2v) is 7.43. The predicted octanol–water partition coefficient (Wildman–Crippen LogP) is 4.42. The minimum Gasteiger partial charge on any atom is -0.491 e. The summed E-state index contributed by atoms with van der Waals surface area (Å²) in [5, 5.41) is 4.76. The maximum atomic E-state index is 12.8. The monoisotopic (exact) mass is 390 g/mol. The number of amides is 1. The molecule has 2 aliphatic rings. The molecular formula is C22H31FN2O3. The molecule has 0 saturated heterocycles. The molecule has 1 heterocycles. The lowest BCUT2D eigenvalue weighted by Gasteiger charge is -2.32. The lowest BCUT2D eigenvalue weighted by Crippen LogP contribution is -2.41. The molecule has 1 aliphatic heterocycles. The van der Waals surface area contributed by atoms with Crippen LogP contribution in [0.5, 0.6) is 5.75 Å². The van der Waals surface area contributed by atoms with Crippen LogP contribution in [0.25, 0.3) is 6.08 Å². The minimum absolute atomic E-state index is 0.0553. The first-order valence-electron chi connectivity index (χ1n) is 10.5. The van der Waals surface area contributed by atoms with Gasteiger partial charge in [0.2, 0.25) is 5.91 Å². The molecular weight excluding hydrogens is 359 g/mol. The van der Waals surface area contributed by atoms with Gasteiger partial charge >= 0.3 is 0 Å². The zero-order chi connectivity index (χ0) is 19.8. The van der Waals surface area contributed by atoms with E-state index in [0.29, 0.717) is 17.9 Å². The molecule has 3 rings (SSSR count). The highest BCUT2D eigenvalue weighted by molar-refractivity contribution is 6.01. The first kappa shape index (κ1) is 20.6. The third-order valence-corrected chi connectivity index (χ3v) is 5.24. The van der Waals surface area contributed by atoms with Crippen molar-refractivity contribution < 1.29 is 18.8 Å². The van der Waals surface area contributed by atoms with Crippen LogP contribution in [-0.4, -0.2) is 38.4 Å². The van der Waals surface area contributed by atoms with E-state index in [9.17, 15) is 9.18 Å². The van der Waals surface area contributed by atoms with Crippen LogP contribution in [0.4, 0.5) is 10.1 Å². The van der Waals surface area contributed by atoms with Gasteiger partial charge in [0, 0.05) is 17.2 Å². The van der Waals surface area contributed by atoms with E-state index in [0.717, 1.165) is 49.8 Å². The van der Waals surface area contributed by atoms with Gasteiger partial charge in [-0.15, -0.1) is 0 Å². The van der Waals surface area contributed by atoms with Crippen molar-refractivity contribution in [3.8, 4) is 5.75 Å². The van der Waals surface area contributed by atoms with Gasteiger partial charge in [-0.05, 0) is 31.4 Å². The van der Waals surface area contributed by atoms with Crippen molar-refractivity contribution in [3.05, 3.63) is 29.3 Å². The summed E-state index contributed by atoms with van der Waals surface area (Å²) in [4.78, 5) is 18.5. The maximum Gasteiger partial charge on any atom is 0.249 e. The molecule has 1 N–H and O–H groups in total. The molecule has 28 heavy (non-hydrogen) atoms. The van der Waals surface area contributed by atoms with E-state index >= 15 is 0 Å². The van der Waals surface area contributed by atoms with Crippen molar-refractivity contribution in [2.45, 2.75) is 57.9 Å². The quantitative estimate of drug-likeness (QED) is 0.634. The lowest BCUT2D eigenvalue weighted by molar-refractivity contribution is -0.118. The van der Waals surface area contributed by atoms with Gasteiger partial charge in [0.15, 0.2) is 0 Å². The number of halogens is 1. The number of carbonyl (C=O) groups excluding carboxylic acids is 1. The van der Waals surface area contributed by atoms with Crippen LogP contribution in [0, 0.1) is 0 Å². The van der Waals surface area contributed by atoms with E-state index < -0.39 is 6.67 Å². The minimum atomic E-state index is -0.585. The molecule has 6 heteroatoms. The molecule has 0 radical (unpaired) electrons. The highest BCUT2D eigenvalue weighted by atomic mass is 19.1. The molecule has 1 aromatic carbocycles. The Morgan fingerprint density at radius 2 is 2.07 bits per heavy atom. The molecule has 5 nitrogen and oxygen atoms in total. The Balaban J connectivity index is 1.80. The molecule has 154 valence electrons. The number of unbranched alkanes of at least 4 members (excludes halogenated alkanes) is 1. The first-order chi connectivity index (χ1) is 13.7. The van der Waals surface area contributed by atoms with Crippen molar-refractivity contribution in [2.75, 3.05) is 31.5 Å². The van der Waals surface area contributed by atoms with Crippen LogP contribution in [0.15, 0.2) is 23.8 Å². The molecule has 1 fully saturated rings. The molecule has 1 aromatic rings. The molecule has 0 unspecified atom stereocenters. The number of para-hydroxylation sites is 1. The van der Waals surface area contributed by atoms with Gasteiger partial charge in [0.1, 0.15) is 24.7 Å². The van der Waals surface area contributed by atoms with E-state index in [1.807, 2.05) is 24.3 Å². The summed E-state index contributed by atoms with van der Waals surface area (Å²) in [6.45, 7) is 2.36. The summed E-state index contributed by atoms with van der Waals surface area (Å²) in [6, 6.07) is 5.97. The van der Waals surface area contributed by atoms with Crippen molar-refractivity contribution in [2.24, 2.45) is 0 Å². The summed E-state index contributed by atoms with van der Waals surface area (Å²) in [7, 11) is 0. The number of fused-ring (bicyclic) bond motifs is 1. The molecule has 1 amide bonds. The highest BCUT2D eigenvalue weighted by Crippen LogP contribution is 2.37.